The summed E-state index contributed by atoms with van der Waals surface area (Å²) in [6, 6.07) is 9.58. The number of hydrogen-bond acceptors (Lipinski definition) is 10. The van der Waals surface area contributed by atoms with Crippen molar-refractivity contribution >= 4 is 52.6 Å². The molecule has 1 aliphatic heterocycles. The van der Waals surface area contributed by atoms with Crippen molar-refractivity contribution in [1.29, 1.82) is 0 Å². The second-order valence-corrected chi connectivity index (χ2v) is 8.41. The molecule has 0 saturated carbocycles. The Labute approximate surface area is 229 Å². The number of rotatable bonds is 8. The van der Waals surface area contributed by atoms with E-state index in [2.05, 4.69) is 5.32 Å². The van der Waals surface area contributed by atoms with Crippen molar-refractivity contribution in [3.63, 3.8) is 0 Å². The highest BCUT2D eigenvalue weighted by molar-refractivity contribution is 6.39. The van der Waals surface area contributed by atoms with Gasteiger partial charge in [0.25, 0.3) is 17.5 Å². The van der Waals surface area contributed by atoms with Crippen molar-refractivity contribution in [3.05, 3.63) is 91.0 Å². The highest BCUT2D eigenvalue weighted by Crippen LogP contribution is 2.43. The molecule has 2 N–H and O–H groups in total. The van der Waals surface area contributed by atoms with Crippen molar-refractivity contribution in [2.75, 3.05) is 11.5 Å². The van der Waals surface area contributed by atoms with Crippen LogP contribution in [-0.4, -0.2) is 39.4 Å². The molecule has 0 aromatic heterocycles. The van der Waals surface area contributed by atoms with Gasteiger partial charge in [-0.25, -0.2) is 9.69 Å². The minimum Gasteiger partial charge on any atom is -0.508 e. The van der Waals surface area contributed by atoms with Crippen molar-refractivity contribution in [3.8, 4) is 23.0 Å². The zero-order valence-corrected chi connectivity index (χ0v) is 21.1. The number of nitrogens with zero attached hydrogens (tertiary/aromatic N) is 3. The van der Waals surface area contributed by atoms with Gasteiger partial charge < -0.3 is 14.6 Å². The highest BCUT2D eigenvalue weighted by Gasteiger charge is 2.37. The van der Waals surface area contributed by atoms with E-state index in [4.69, 9.17) is 21.1 Å². The summed E-state index contributed by atoms with van der Waals surface area (Å²) in [6.07, 6.45) is 1.16. The SMILES string of the molecule is CCOc1cc(/C=C2\C(=O)NC(=O)N(c3ccc(O)cc3)C2=O)cc(Cl)c1Oc1ccc([N+](=O)[O-])cc1[N+](=O)[O-]. The van der Waals surface area contributed by atoms with Crippen molar-refractivity contribution in [2.45, 2.75) is 6.92 Å². The normalized spacial score (nSPS) is 14.2. The van der Waals surface area contributed by atoms with Gasteiger partial charge in [-0.1, -0.05) is 11.6 Å². The average Bonchev–Trinajstić information content (AvgIpc) is 2.89. The molecular formula is C25H17ClN4O10. The number of aromatic hydroxyl groups is 1. The molecule has 3 aromatic carbocycles. The smallest absolute Gasteiger partial charge is 0.335 e. The lowest BCUT2D eigenvalue weighted by Crippen LogP contribution is -2.54. The summed E-state index contributed by atoms with van der Waals surface area (Å²) < 4.78 is 11.2. The maximum Gasteiger partial charge on any atom is 0.335 e. The molecule has 1 aliphatic rings. The summed E-state index contributed by atoms with van der Waals surface area (Å²) in [4.78, 5) is 59.7. The molecular weight excluding hydrogens is 552 g/mol. The number of nitro benzene ring substituents is 2. The summed E-state index contributed by atoms with van der Waals surface area (Å²) in [6.45, 7) is 1.73. The van der Waals surface area contributed by atoms with Gasteiger partial charge >= 0.3 is 11.7 Å². The van der Waals surface area contributed by atoms with E-state index < -0.39 is 44.6 Å². The van der Waals surface area contributed by atoms with E-state index in [-0.39, 0.29) is 45.9 Å². The highest BCUT2D eigenvalue weighted by atomic mass is 35.5. The third kappa shape index (κ3) is 5.51. The minimum absolute atomic E-state index is 0.0235. The Balaban J connectivity index is 1.74. The first-order chi connectivity index (χ1) is 19.0. The zero-order valence-electron chi connectivity index (χ0n) is 20.3. The maximum atomic E-state index is 13.1. The van der Waals surface area contributed by atoms with Crippen LogP contribution in [0.4, 0.5) is 21.9 Å². The number of nitrogens with one attached hydrogen (secondary N) is 1. The number of hydrogen-bond donors (Lipinski definition) is 2. The number of non-ortho nitro benzene ring substituents is 1. The van der Waals surface area contributed by atoms with Crippen LogP contribution in [-0.2, 0) is 9.59 Å². The third-order valence-corrected chi connectivity index (χ3v) is 5.70. The van der Waals surface area contributed by atoms with Crippen LogP contribution < -0.4 is 19.7 Å². The van der Waals surface area contributed by atoms with Gasteiger partial charge in [-0.05, 0) is 61.0 Å². The second-order valence-electron chi connectivity index (χ2n) is 8.01. The molecule has 1 fully saturated rings. The molecule has 4 amide bonds. The van der Waals surface area contributed by atoms with Crippen LogP contribution in [0.1, 0.15) is 12.5 Å². The van der Waals surface area contributed by atoms with Crippen LogP contribution in [0.25, 0.3) is 6.08 Å². The van der Waals surface area contributed by atoms with E-state index in [0.29, 0.717) is 4.90 Å². The maximum absolute atomic E-state index is 13.1. The predicted molar refractivity (Wildman–Crippen MR) is 140 cm³/mol. The number of phenolic OH excluding ortho intramolecular Hbond substituents is 1. The lowest BCUT2D eigenvalue weighted by atomic mass is 10.1. The average molecular weight is 569 g/mol. The number of carbonyl (C=O) groups is 3. The Morgan fingerprint density at radius 2 is 1.70 bits per heavy atom. The summed E-state index contributed by atoms with van der Waals surface area (Å²) in [7, 11) is 0. The number of urea groups is 1. The molecule has 14 nitrogen and oxygen atoms in total. The van der Waals surface area contributed by atoms with Gasteiger partial charge in [0.15, 0.2) is 11.5 Å². The van der Waals surface area contributed by atoms with Crippen LogP contribution >= 0.6 is 11.6 Å². The Hall–Kier alpha value is -5.50. The Bertz CT molecular complexity index is 1600. The molecule has 0 aliphatic carbocycles. The standard InChI is InChI=1S/C25H17ClN4O10/c1-2-39-21-11-13(9-17-23(32)27-25(34)28(24(17)33)14-3-6-16(31)7-4-14)10-18(26)22(21)40-20-8-5-15(29(35)36)12-19(20)30(37)38/h3-12,31H,2H2,1H3,(H,27,32,34)/b17-9+. The van der Waals surface area contributed by atoms with Crippen molar-refractivity contribution < 1.29 is 38.8 Å². The molecule has 15 heteroatoms. The van der Waals surface area contributed by atoms with E-state index in [0.717, 1.165) is 24.3 Å². The first-order valence-electron chi connectivity index (χ1n) is 11.3. The fourth-order valence-corrected chi connectivity index (χ4v) is 3.91. The first kappa shape index (κ1) is 27.5. The molecule has 0 spiro atoms. The quantitative estimate of drug-likeness (QED) is 0.166. The Morgan fingerprint density at radius 1 is 1.00 bits per heavy atom. The summed E-state index contributed by atoms with van der Waals surface area (Å²) >= 11 is 6.40. The molecule has 0 radical (unpaired) electrons. The van der Waals surface area contributed by atoms with Crippen LogP contribution in [0.15, 0.2) is 60.2 Å². The molecule has 0 atom stereocenters. The second kappa shape index (κ2) is 11.1. The number of amides is 4. The predicted octanol–water partition coefficient (Wildman–Crippen LogP) is 4.72. The zero-order chi connectivity index (χ0) is 29.1. The molecule has 40 heavy (non-hydrogen) atoms. The molecule has 1 saturated heterocycles. The third-order valence-electron chi connectivity index (χ3n) is 5.41. The number of carbonyl (C=O) groups excluding carboxylic acids is 3. The lowest BCUT2D eigenvalue weighted by molar-refractivity contribution is -0.394. The number of benzene rings is 3. The van der Waals surface area contributed by atoms with Crippen molar-refractivity contribution in [2.24, 2.45) is 0 Å². The number of ether oxygens (including phenoxy) is 2. The van der Waals surface area contributed by atoms with Gasteiger partial charge in [0, 0.05) is 6.07 Å². The lowest BCUT2D eigenvalue weighted by Gasteiger charge is -2.26. The van der Waals surface area contributed by atoms with Crippen molar-refractivity contribution in [1.82, 2.24) is 5.32 Å². The molecule has 0 unspecified atom stereocenters. The number of anilines is 1. The molecule has 0 bridgehead atoms. The Morgan fingerprint density at radius 3 is 2.33 bits per heavy atom. The van der Waals surface area contributed by atoms with E-state index in [1.807, 2.05) is 0 Å². The van der Waals surface area contributed by atoms with Crippen LogP contribution in [0.5, 0.6) is 23.0 Å². The summed E-state index contributed by atoms with van der Waals surface area (Å²) in [5, 5.41) is 34.0. The molecule has 1 heterocycles. The summed E-state index contributed by atoms with van der Waals surface area (Å²) in [5.74, 6) is -2.56. The van der Waals surface area contributed by atoms with Crippen LogP contribution in [0.3, 0.4) is 0 Å². The van der Waals surface area contributed by atoms with Crippen LogP contribution in [0, 0.1) is 20.2 Å². The van der Waals surface area contributed by atoms with E-state index >= 15 is 0 Å². The van der Waals surface area contributed by atoms with Gasteiger partial charge in [0.2, 0.25) is 5.75 Å². The number of halogens is 1. The summed E-state index contributed by atoms with van der Waals surface area (Å²) in [5.41, 5.74) is -1.36. The fraction of sp³-hybridized carbons (Fsp3) is 0.0800. The largest absolute Gasteiger partial charge is 0.508 e. The number of barbiturate groups is 1. The number of imide groups is 2. The number of nitro groups is 2. The van der Waals surface area contributed by atoms with Gasteiger partial charge in [-0.3, -0.25) is 35.1 Å². The minimum atomic E-state index is -0.987. The van der Waals surface area contributed by atoms with Gasteiger partial charge in [0.05, 0.1) is 33.2 Å². The van der Waals surface area contributed by atoms with E-state index in [1.165, 1.54) is 36.4 Å². The van der Waals surface area contributed by atoms with E-state index in [1.54, 1.807) is 6.92 Å². The number of phenols is 1. The van der Waals surface area contributed by atoms with Crippen LogP contribution in [0.2, 0.25) is 5.02 Å². The molecule has 4 rings (SSSR count). The van der Waals surface area contributed by atoms with Gasteiger partial charge in [-0.15, -0.1) is 0 Å². The monoisotopic (exact) mass is 568 g/mol. The Kier molecular flexibility index (Phi) is 7.63. The molecule has 3 aromatic rings. The van der Waals surface area contributed by atoms with Gasteiger partial charge in [-0.2, -0.15) is 0 Å². The van der Waals surface area contributed by atoms with E-state index in [9.17, 15) is 39.7 Å². The molecule has 204 valence electrons. The first-order valence-corrected chi connectivity index (χ1v) is 11.7. The fourth-order valence-electron chi connectivity index (χ4n) is 3.65. The topological polar surface area (TPSA) is 191 Å². The van der Waals surface area contributed by atoms with Gasteiger partial charge in [0.1, 0.15) is 11.3 Å².